The van der Waals surface area contributed by atoms with Crippen molar-refractivity contribution in [3.8, 4) is 34.5 Å². The maximum Gasteiger partial charge on any atom is 0.129 e. The number of rotatable bonds is 10. The highest BCUT2D eigenvalue weighted by Crippen LogP contribution is 2.39. The molecule has 7 heteroatoms. The molecule has 0 saturated carbocycles. The van der Waals surface area contributed by atoms with Crippen molar-refractivity contribution in [1.29, 1.82) is 0 Å². The van der Waals surface area contributed by atoms with Gasteiger partial charge in [0.05, 0.1) is 42.7 Å². The molecule has 0 saturated heterocycles. The highest BCUT2D eigenvalue weighted by Gasteiger charge is 2.22. The van der Waals surface area contributed by atoms with Crippen LogP contribution >= 0.6 is 0 Å². The Hall–Kier alpha value is -3.84. The largest absolute Gasteiger partial charge is 0.497 e. The average molecular weight is 467 g/mol. The summed E-state index contributed by atoms with van der Waals surface area (Å²) in [6.07, 6.45) is 2.75. The summed E-state index contributed by atoms with van der Waals surface area (Å²) in [5, 5.41) is 11.4. The fourth-order valence-corrected chi connectivity index (χ4v) is 3.63. The molecule has 180 valence electrons. The molecule has 0 aliphatic heterocycles. The summed E-state index contributed by atoms with van der Waals surface area (Å²) in [7, 11) is 9.47. The van der Waals surface area contributed by atoms with Crippen molar-refractivity contribution in [3.05, 3.63) is 70.8 Å². The van der Waals surface area contributed by atoms with Gasteiger partial charge in [0, 0.05) is 29.3 Å². The lowest BCUT2D eigenvalue weighted by molar-refractivity contribution is 0.213. The first-order chi connectivity index (χ1) is 16.5. The molecule has 0 aliphatic rings. The zero-order chi connectivity index (χ0) is 24.7. The van der Waals surface area contributed by atoms with Crippen molar-refractivity contribution in [3.63, 3.8) is 0 Å². The van der Waals surface area contributed by atoms with Gasteiger partial charge in [-0.15, -0.1) is 0 Å². The third-order valence-electron chi connectivity index (χ3n) is 5.45. The minimum Gasteiger partial charge on any atom is -0.497 e. The van der Waals surface area contributed by atoms with E-state index in [1.165, 1.54) is 0 Å². The van der Waals surface area contributed by atoms with Crippen LogP contribution in [-0.2, 0) is 0 Å². The van der Waals surface area contributed by atoms with Gasteiger partial charge in [-0.1, -0.05) is 12.2 Å². The predicted molar refractivity (Wildman–Crippen MR) is 132 cm³/mol. The first-order valence-corrected chi connectivity index (χ1v) is 10.5. The quantitative estimate of drug-likeness (QED) is 0.422. The highest BCUT2D eigenvalue weighted by atomic mass is 16.5. The smallest absolute Gasteiger partial charge is 0.129 e. The number of methoxy groups -OCH3 is 6. The molecular formula is C27H30O7. The van der Waals surface area contributed by atoms with Crippen LogP contribution < -0.4 is 28.4 Å². The number of aliphatic hydroxyl groups is 1. The van der Waals surface area contributed by atoms with Crippen LogP contribution in [0.3, 0.4) is 0 Å². The van der Waals surface area contributed by atoms with E-state index in [4.69, 9.17) is 28.4 Å². The minimum absolute atomic E-state index is 0.481. The maximum atomic E-state index is 11.4. The molecule has 1 N–H and O–H groups in total. The first-order valence-electron chi connectivity index (χ1n) is 10.5. The van der Waals surface area contributed by atoms with E-state index in [1.54, 1.807) is 66.9 Å². The van der Waals surface area contributed by atoms with Crippen molar-refractivity contribution in [2.75, 3.05) is 42.7 Å². The van der Waals surface area contributed by atoms with E-state index >= 15 is 0 Å². The van der Waals surface area contributed by atoms with Crippen molar-refractivity contribution in [2.24, 2.45) is 0 Å². The van der Waals surface area contributed by atoms with Gasteiger partial charge in [-0.3, -0.25) is 0 Å². The molecule has 3 aromatic carbocycles. The second-order valence-electron chi connectivity index (χ2n) is 7.32. The molecule has 1 unspecified atom stereocenters. The van der Waals surface area contributed by atoms with Gasteiger partial charge in [-0.2, -0.15) is 0 Å². The second kappa shape index (κ2) is 11.3. The molecule has 0 bridgehead atoms. The van der Waals surface area contributed by atoms with Gasteiger partial charge in [-0.05, 0) is 41.5 Å². The van der Waals surface area contributed by atoms with Crippen LogP contribution in [0, 0.1) is 0 Å². The van der Waals surface area contributed by atoms with Crippen LogP contribution in [0.4, 0.5) is 0 Å². The fourth-order valence-electron chi connectivity index (χ4n) is 3.63. The van der Waals surface area contributed by atoms with Crippen LogP contribution in [0.2, 0.25) is 0 Å². The molecule has 0 radical (unpaired) electrons. The Morgan fingerprint density at radius 1 is 0.559 bits per heavy atom. The Bertz CT molecular complexity index is 1130. The SMILES string of the molecule is COc1cc(OC)cc(C(O)c2c(C=Cc3ccc(OC)cc3OC)cc(OC)cc2OC)c1. The third kappa shape index (κ3) is 5.38. The molecule has 1 atom stereocenters. The topological polar surface area (TPSA) is 75.6 Å². The van der Waals surface area contributed by atoms with Crippen LogP contribution in [0.25, 0.3) is 12.2 Å². The van der Waals surface area contributed by atoms with Crippen LogP contribution in [0.15, 0.2) is 48.5 Å². The Morgan fingerprint density at radius 2 is 1.09 bits per heavy atom. The van der Waals surface area contributed by atoms with Gasteiger partial charge in [0.15, 0.2) is 0 Å². The Labute approximate surface area is 200 Å². The Kier molecular flexibility index (Phi) is 8.27. The number of hydrogen-bond acceptors (Lipinski definition) is 7. The zero-order valence-electron chi connectivity index (χ0n) is 20.2. The van der Waals surface area contributed by atoms with Crippen molar-refractivity contribution in [1.82, 2.24) is 0 Å². The normalized spacial score (nSPS) is 11.7. The van der Waals surface area contributed by atoms with E-state index in [-0.39, 0.29) is 0 Å². The second-order valence-corrected chi connectivity index (χ2v) is 7.32. The maximum absolute atomic E-state index is 11.4. The lowest BCUT2D eigenvalue weighted by atomic mass is 9.94. The Balaban J connectivity index is 2.14. The van der Waals surface area contributed by atoms with E-state index in [1.807, 2.05) is 36.4 Å². The molecule has 0 aromatic heterocycles. The third-order valence-corrected chi connectivity index (χ3v) is 5.45. The molecule has 7 nitrogen and oxygen atoms in total. The average Bonchev–Trinajstić information content (AvgIpc) is 2.90. The van der Waals surface area contributed by atoms with Gasteiger partial charge < -0.3 is 33.5 Å². The highest BCUT2D eigenvalue weighted by molar-refractivity contribution is 5.76. The minimum atomic E-state index is -1.03. The van der Waals surface area contributed by atoms with Gasteiger partial charge in [0.25, 0.3) is 0 Å². The number of ether oxygens (including phenoxy) is 6. The lowest BCUT2D eigenvalue weighted by Gasteiger charge is -2.20. The number of hydrogen-bond donors (Lipinski definition) is 1. The Morgan fingerprint density at radius 3 is 1.65 bits per heavy atom. The molecule has 34 heavy (non-hydrogen) atoms. The van der Waals surface area contributed by atoms with Crippen LogP contribution in [-0.4, -0.2) is 47.8 Å². The van der Waals surface area contributed by atoms with Crippen molar-refractivity contribution >= 4 is 12.2 Å². The van der Waals surface area contributed by atoms with Gasteiger partial charge in [0.2, 0.25) is 0 Å². The van der Waals surface area contributed by atoms with E-state index in [2.05, 4.69) is 0 Å². The summed E-state index contributed by atoms with van der Waals surface area (Å²) < 4.78 is 32.6. The molecule has 3 aromatic rings. The van der Waals surface area contributed by atoms with Gasteiger partial charge in [-0.25, -0.2) is 0 Å². The fraction of sp³-hybridized carbons (Fsp3) is 0.259. The summed E-state index contributed by atoms with van der Waals surface area (Å²) in [6.45, 7) is 0. The zero-order valence-corrected chi connectivity index (χ0v) is 20.2. The molecule has 0 fully saturated rings. The van der Waals surface area contributed by atoms with Gasteiger partial charge in [0.1, 0.15) is 40.6 Å². The molecular weight excluding hydrogens is 436 g/mol. The number of benzene rings is 3. The monoisotopic (exact) mass is 466 g/mol. The number of aliphatic hydroxyl groups excluding tert-OH is 1. The predicted octanol–water partition coefficient (Wildman–Crippen LogP) is 4.99. The molecule has 0 spiro atoms. The molecule has 3 rings (SSSR count). The first kappa shape index (κ1) is 24.8. The standard InChI is InChI=1S/C27H30O7/c1-29-20-10-9-17(24(15-20)33-5)7-8-18-11-23(32-4)16-25(34-6)26(18)27(28)19-12-21(30-2)14-22(13-19)31-3/h7-16,27-28H,1-6H3. The van der Waals surface area contributed by atoms with Gasteiger partial charge >= 0.3 is 0 Å². The van der Waals surface area contributed by atoms with Crippen LogP contribution in [0.1, 0.15) is 28.4 Å². The van der Waals surface area contributed by atoms with E-state index in [0.717, 1.165) is 5.56 Å². The summed E-state index contributed by atoms with van der Waals surface area (Å²) in [5.74, 6) is 3.57. The molecule has 0 aliphatic carbocycles. The summed E-state index contributed by atoms with van der Waals surface area (Å²) in [6, 6.07) is 14.4. The van der Waals surface area contributed by atoms with E-state index < -0.39 is 6.10 Å². The van der Waals surface area contributed by atoms with E-state index in [9.17, 15) is 5.11 Å². The van der Waals surface area contributed by atoms with Crippen molar-refractivity contribution < 1.29 is 33.5 Å². The lowest BCUT2D eigenvalue weighted by Crippen LogP contribution is -2.06. The van der Waals surface area contributed by atoms with Crippen molar-refractivity contribution in [2.45, 2.75) is 6.10 Å². The summed E-state index contributed by atoms with van der Waals surface area (Å²) >= 11 is 0. The molecule has 0 amide bonds. The van der Waals surface area contributed by atoms with E-state index in [0.29, 0.717) is 51.2 Å². The molecule has 0 heterocycles. The van der Waals surface area contributed by atoms with Crippen LogP contribution in [0.5, 0.6) is 34.5 Å². The summed E-state index contributed by atoms with van der Waals surface area (Å²) in [4.78, 5) is 0. The summed E-state index contributed by atoms with van der Waals surface area (Å²) in [5.41, 5.74) is 2.72.